The molecule has 0 spiro atoms. The molecule has 27 heavy (non-hydrogen) atoms. The molecule has 8 nitrogen and oxygen atoms in total. The molecule has 0 unspecified atom stereocenters. The molecule has 0 aromatic heterocycles. The predicted octanol–water partition coefficient (Wildman–Crippen LogP) is 3.09. The number of nitrogens with zero attached hydrogens (tertiary/aromatic N) is 1. The molecule has 0 aliphatic rings. The number of amides is 2. The number of nitro benzene ring substituents is 1. The summed E-state index contributed by atoms with van der Waals surface area (Å²) in [6, 6.07) is 9.03. The third-order valence-electron chi connectivity index (χ3n) is 3.93. The third kappa shape index (κ3) is 4.95. The largest absolute Gasteiger partial charge is 0.481 e. The van der Waals surface area contributed by atoms with E-state index in [1.807, 2.05) is 26.0 Å². The fourth-order valence-electron chi connectivity index (χ4n) is 2.23. The predicted molar refractivity (Wildman–Crippen MR) is 99.7 cm³/mol. The summed E-state index contributed by atoms with van der Waals surface area (Å²) in [5, 5.41) is 11.2. The van der Waals surface area contributed by atoms with E-state index in [9.17, 15) is 19.7 Å². The lowest BCUT2D eigenvalue weighted by atomic mass is 10.1. The van der Waals surface area contributed by atoms with Gasteiger partial charge in [-0.2, -0.15) is 0 Å². The molecule has 0 aliphatic heterocycles. The van der Waals surface area contributed by atoms with E-state index in [1.54, 1.807) is 6.07 Å². The summed E-state index contributed by atoms with van der Waals surface area (Å²) in [6.45, 7) is 5.31. The Kier molecular flexibility index (Phi) is 6.36. The molecule has 0 fully saturated rings. The Morgan fingerprint density at radius 1 is 1.19 bits per heavy atom. The van der Waals surface area contributed by atoms with E-state index in [2.05, 4.69) is 10.9 Å². The minimum atomic E-state index is -0.903. The van der Waals surface area contributed by atoms with Gasteiger partial charge >= 0.3 is 0 Å². The van der Waals surface area contributed by atoms with Crippen molar-refractivity contribution < 1.29 is 19.2 Å². The zero-order chi connectivity index (χ0) is 20.1. The molecule has 2 amide bonds. The first-order valence-electron chi connectivity index (χ1n) is 7.97. The van der Waals surface area contributed by atoms with E-state index >= 15 is 0 Å². The highest BCUT2D eigenvalue weighted by Gasteiger charge is 2.22. The average molecular weight is 392 g/mol. The summed E-state index contributed by atoms with van der Waals surface area (Å²) in [7, 11) is 0. The number of carbonyl (C=O) groups is 2. The minimum Gasteiger partial charge on any atom is -0.481 e. The van der Waals surface area contributed by atoms with Gasteiger partial charge in [-0.3, -0.25) is 30.6 Å². The van der Waals surface area contributed by atoms with Crippen LogP contribution in [0.2, 0.25) is 5.02 Å². The van der Waals surface area contributed by atoms with E-state index < -0.39 is 28.5 Å². The second-order valence-corrected chi connectivity index (χ2v) is 6.26. The number of benzene rings is 2. The summed E-state index contributed by atoms with van der Waals surface area (Å²) in [5.41, 5.74) is 5.55. The maximum Gasteiger partial charge on any atom is 0.282 e. The molecule has 0 bridgehead atoms. The molecule has 0 aliphatic carbocycles. The van der Waals surface area contributed by atoms with Gasteiger partial charge in [0.25, 0.3) is 17.5 Å². The molecular formula is C18H18ClN3O5. The summed E-state index contributed by atoms with van der Waals surface area (Å²) in [4.78, 5) is 34.6. The molecule has 1 atom stereocenters. The van der Waals surface area contributed by atoms with Crippen LogP contribution in [-0.4, -0.2) is 22.8 Å². The zero-order valence-electron chi connectivity index (χ0n) is 14.9. The van der Waals surface area contributed by atoms with Crippen molar-refractivity contribution in [3.05, 3.63) is 68.2 Å². The molecule has 9 heteroatoms. The highest BCUT2D eigenvalue weighted by atomic mass is 35.5. The SMILES string of the molecule is Cc1cccc(O[C@H](C)C(=O)NNC(=O)c2cc(Cl)ccc2[N+](=O)[O-])c1C. The Hall–Kier alpha value is -3.13. The number of nitrogens with one attached hydrogen (secondary N) is 2. The van der Waals surface area contributed by atoms with Crippen molar-refractivity contribution in [2.75, 3.05) is 0 Å². The van der Waals surface area contributed by atoms with Crippen LogP contribution < -0.4 is 15.6 Å². The lowest BCUT2D eigenvalue weighted by molar-refractivity contribution is -0.385. The lowest BCUT2D eigenvalue weighted by Gasteiger charge is -2.17. The van der Waals surface area contributed by atoms with Gasteiger partial charge < -0.3 is 4.74 Å². The van der Waals surface area contributed by atoms with Gasteiger partial charge in [0.1, 0.15) is 11.3 Å². The topological polar surface area (TPSA) is 111 Å². The normalized spacial score (nSPS) is 11.4. The van der Waals surface area contributed by atoms with E-state index in [4.69, 9.17) is 16.3 Å². The van der Waals surface area contributed by atoms with Gasteiger partial charge in [-0.25, -0.2) is 0 Å². The standard InChI is InChI=1S/C18H18ClN3O5/c1-10-5-4-6-16(11(10)2)27-12(3)17(23)20-21-18(24)14-9-13(19)7-8-15(14)22(25)26/h4-9,12H,1-3H3,(H,20,23)(H,21,24)/t12-/m1/s1. The molecule has 0 saturated carbocycles. The molecule has 142 valence electrons. The Bertz CT molecular complexity index is 901. The number of carbonyl (C=O) groups excluding carboxylic acids is 2. The second kappa shape index (κ2) is 8.50. The number of rotatable bonds is 5. The van der Waals surface area contributed by atoms with Crippen LogP contribution >= 0.6 is 11.6 Å². The van der Waals surface area contributed by atoms with Crippen molar-refractivity contribution in [2.45, 2.75) is 26.9 Å². The number of hydrazine groups is 1. The first-order valence-corrected chi connectivity index (χ1v) is 8.35. The van der Waals surface area contributed by atoms with Crippen LogP contribution in [0.25, 0.3) is 0 Å². The van der Waals surface area contributed by atoms with Crippen LogP contribution in [0.1, 0.15) is 28.4 Å². The molecule has 0 saturated heterocycles. The highest BCUT2D eigenvalue weighted by Crippen LogP contribution is 2.23. The van der Waals surface area contributed by atoms with Crippen LogP contribution in [-0.2, 0) is 4.79 Å². The number of aryl methyl sites for hydroxylation is 1. The quantitative estimate of drug-likeness (QED) is 0.601. The number of ether oxygens (including phenoxy) is 1. The average Bonchev–Trinajstić information content (AvgIpc) is 2.62. The van der Waals surface area contributed by atoms with Gasteiger partial charge in [0.2, 0.25) is 0 Å². The van der Waals surface area contributed by atoms with E-state index in [1.165, 1.54) is 13.0 Å². The van der Waals surface area contributed by atoms with Crippen molar-refractivity contribution in [1.82, 2.24) is 10.9 Å². The molecular weight excluding hydrogens is 374 g/mol. The van der Waals surface area contributed by atoms with Crippen LogP contribution in [0, 0.1) is 24.0 Å². The summed E-state index contributed by atoms with van der Waals surface area (Å²) in [5.74, 6) is -0.931. The number of nitro groups is 1. The summed E-state index contributed by atoms with van der Waals surface area (Å²) >= 11 is 5.79. The second-order valence-electron chi connectivity index (χ2n) is 5.82. The van der Waals surface area contributed by atoms with E-state index in [0.717, 1.165) is 23.3 Å². The van der Waals surface area contributed by atoms with Crippen LogP contribution in [0.3, 0.4) is 0 Å². The molecule has 2 aromatic rings. The fraction of sp³-hybridized carbons (Fsp3) is 0.222. The fourth-order valence-corrected chi connectivity index (χ4v) is 2.40. The molecule has 2 aromatic carbocycles. The lowest BCUT2D eigenvalue weighted by Crippen LogP contribution is -2.47. The van der Waals surface area contributed by atoms with Crippen LogP contribution in [0.15, 0.2) is 36.4 Å². The maximum atomic E-state index is 12.2. The van der Waals surface area contributed by atoms with Crippen molar-refractivity contribution in [2.24, 2.45) is 0 Å². The van der Waals surface area contributed by atoms with Crippen molar-refractivity contribution >= 4 is 29.1 Å². The third-order valence-corrected chi connectivity index (χ3v) is 4.16. The molecule has 0 radical (unpaired) electrons. The van der Waals surface area contributed by atoms with Gasteiger partial charge in [0.05, 0.1) is 4.92 Å². The van der Waals surface area contributed by atoms with Crippen molar-refractivity contribution in [3.63, 3.8) is 0 Å². The van der Waals surface area contributed by atoms with Crippen molar-refractivity contribution in [3.8, 4) is 5.75 Å². The van der Waals surface area contributed by atoms with Crippen LogP contribution in [0.5, 0.6) is 5.75 Å². The Morgan fingerprint density at radius 2 is 1.89 bits per heavy atom. The zero-order valence-corrected chi connectivity index (χ0v) is 15.7. The number of hydrogen-bond donors (Lipinski definition) is 2. The summed E-state index contributed by atoms with van der Waals surface area (Å²) in [6.07, 6.45) is -0.903. The van der Waals surface area contributed by atoms with Gasteiger partial charge in [0.15, 0.2) is 6.10 Å². The van der Waals surface area contributed by atoms with E-state index in [-0.39, 0.29) is 10.6 Å². The minimum absolute atomic E-state index is 0.156. The molecule has 2 N–H and O–H groups in total. The Morgan fingerprint density at radius 3 is 2.56 bits per heavy atom. The Labute approximate surface area is 160 Å². The van der Waals surface area contributed by atoms with Crippen molar-refractivity contribution in [1.29, 1.82) is 0 Å². The van der Waals surface area contributed by atoms with E-state index in [0.29, 0.717) is 5.75 Å². The monoisotopic (exact) mass is 391 g/mol. The number of halogens is 1. The Balaban J connectivity index is 2.03. The van der Waals surface area contributed by atoms with Crippen LogP contribution in [0.4, 0.5) is 5.69 Å². The first kappa shape index (κ1) is 20.2. The maximum absolute atomic E-state index is 12.2. The van der Waals surface area contributed by atoms with Gasteiger partial charge in [-0.05, 0) is 50.1 Å². The van der Waals surface area contributed by atoms with Gasteiger partial charge in [0, 0.05) is 11.1 Å². The van der Waals surface area contributed by atoms with Gasteiger partial charge in [-0.15, -0.1) is 0 Å². The highest BCUT2D eigenvalue weighted by molar-refractivity contribution is 6.31. The number of hydrogen-bond acceptors (Lipinski definition) is 5. The molecule has 0 heterocycles. The smallest absolute Gasteiger partial charge is 0.282 e. The molecule has 2 rings (SSSR count). The first-order chi connectivity index (χ1) is 12.7. The summed E-state index contributed by atoms with van der Waals surface area (Å²) < 4.78 is 5.61. The van der Waals surface area contributed by atoms with Gasteiger partial charge in [-0.1, -0.05) is 23.7 Å².